The number of amides is 3. The molecular weight excluding hydrogens is 480 g/mol. The minimum absolute atomic E-state index is 0.0384. The Balaban J connectivity index is 1.24. The summed E-state index contributed by atoms with van der Waals surface area (Å²) < 4.78 is 5.71. The number of hydrogen-bond donors (Lipinski definition) is 3. The fourth-order valence-electron chi connectivity index (χ4n) is 3.93. The third kappa shape index (κ3) is 6.47. The molecule has 12 nitrogen and oxygen atoms in total. The van der Waals surface area contributed by atoms with Crippen molar-refractivity contribution >= 4 is 23.7 Å². The average Bonchev–Trinajstić information content (AvgIpc) is 3.15. The zero-order valence-corrected chi connectivity index (χ0v) is 20.0. The van der Waals surface area contributed by atoms with Crippen molar-refractivity contribution in [1.82, 2.24) is 29.7 Å². The Morgan fingerprint density at radius 1 is 1.06 bits per heavy atom. The third-order valence-corrected chi connectivity index (χ3v) is 6.30. The smallest absolute Gasteiger partial charge is 0.434 e. The number of carbonyl (C=O) groups is 2. The predicted octanol–water partition coefficient (Wildman–Crippen LogP) is 0.486. The van der Waals surface area contributed by atoms with Crippen molar-refractivity contribution in [3.8, 4) is 5.88 Å². The van der Waals surface area contributed by atoms with Crippen LogP contribution in [0.15, 0.2) is 29.1 Å². The van der Waals surface area contributed by atoms with E-state index in [4.69, 9.17) is 21.2 Å². The van der Waals surface area contributed by atoms with Gasteiger partial charge in [0.25, 0.3) is 5.88 Å². The second-order valence-corrected chi connectivity index (χ2v) is 8.78. The minimum Gasteiger partial charge on any atom is -0.491 e. The monoisotopic (exact) mass is 508 g/mol. The fraction of sp³-hybridized carbons (Fsp3) is 0.500. The number of nitrogens with zero attached hydrogens (tertiary/aromatic N) is 4. The van der Waals surface area contributed by atoms with Crippen LogP contribution < -0.4 is 15.8 Å². The standard InChI is InChI=1S/C22H29ClN6O6/c23-17-3-1-16(2-4-17)5-6-26-7-9-28(10-8-26)22(33)35-29-19(30)18(25-21(29)32)15-24-20(31)27-11-13-34-14-12-27/h1-4,30H,5-15H2,(H,24,31)(H,25,32). The number of H-pyrrole nitrogens is 1. The van der Waals surface area contributed by atoms with Crippen LogP contribution in [-0.2, 0) is 17.7 Å². The summed E-state index contributed by atoms with van der Waals surface area (Å²) in [5.74, 6) is -0.563. The number of piperazine rings is 1. The highest BCUT2D eigenvalue weighted by molar-refractivity contribution is 6.30. The molecule has 1 aromatic carbocycles. The van der Waals surface area contributed by atoms with Gasteiger partial charge < -0.3 is 34.8 Å². The molecule has 0 spiro atoms. The number of hydrogen-bond acceptors (Lipinski definition) is 7. The molecule has 0 aliphatic carbocycles. The number of imidazole rings is 1. The lowest BCUT2D eigenvalue weighted by molar-refractivity contribution is 0.0530. The summed E-state index contributed by atoms with van der Waals surface area (Å²) in [7, 11) is 0. The number of morpholine rings is 1. The number of aromatic hydroxyl groups is 1. The number of ether oxygens (including phenoxy) is 1. The lowest BCUT2D eigenvalue weighted by Crippen LogP contribution is -2.51. The van der Waals surface area contributed by atoms with Crippen molar-refractivity contribution < 1.29 is 24.3 Å². The topological polar surface area (TPSA) is 132 Å². The molecule has 2 aliphatic heterocycles. The van der Waals surface area contributed by atoms with E-state index < -0.39 is 17.7 Å². The van der Waals surface area contributed by atoms with E-state index in [1.54, 1.807) is 4.90 Å². The molecule has 0 unspecified atom stereocenters. The Morgan fingerprint density at radius 3 is 2.43 bits per heavy atom. The van der Waals surface area contributed by atoms with Gasteiger partial charge >= 0.3 is 17.8 Å². The maximum absolute atomic E-state index is 12.6. The van der Waals surface area contributed by atoms with Gasteiger partial charge in [-0.15, -0.1) is 0 Å². The van der Waals surface area contributed by atoms with E-state index in [1.807, 2.05) is 24.3 Å². The molecule has 0 saturated carbocycles. The predicted molar refractivity (Wildman–Crippen MR) is 126 cm³/mol. The summed E-state index contributed by atoms with van der Waals surface area (Å²) in [6, 6.07) is 7.39. The molecule has 0 bridgehead atoms. The van der Waals surface area contributed by atoms with Crippen molar-refractivity contribution in [3.05, 3.63) is 51.0 Å². The molecule has 190 valence electrons. The van der Waals surface area contributed by atoms with Gasteiger partial charge in [-0.2, -0.15) is 0 Å². The summed E-state index contributed by atoms with van der Waals surface area (Å²) in [6.07, 6.45) is 0.140. The van der Waals surface area contributed by atoms with Crippen molar-refractivity contribution in [3.63, 3.8) is 0 Å². The highest BCUT2D eigenvalue weighted by Gasteiger charge is 2.25. The van der Waals surface area contributed by atoms with Crippen molar-refractivity contribution in [2.45, 2.75) is 13.0 Å². The van der Waals surface area contributed by atoms with E-state index in [9.17, 15) is 19.5 Å². The van der Waals surface area contributed by atoms with E-state index >= 15 is 0 Å². The first kappa shape index (κ1) is 24.9. The van der Waals surface area contributed by atoms with Crippen LogP contribution in [0.2, 0.25) is 5.02 Å². The Hall–Kier alpha value is -3.22. The van der Waals surface area contributed by atoms with Crippen LogP contribution in [0.25, 0.3) is 0 Å². The van der Waals surface area contributed by atoms with Crippen LogP contribution in [0.5, 0.6) is 5.88 Å². The van der Waals surface area contributed by atoms with Crippen LogP contribution in [0.1, 0.15) is 11.3 Å². The molecule has 0 atom stereocenters. The molecule has 0 radical (unpaired) electrons. The molecule has 3 amide bonds. The van der Waals surface area contributed by atoms with Crippen molar-refractivity contribution in [2.75, 3.05) is 59.0 Å². The SMILES string of the molecule is O=C(NCc1[nH]c(=O)n(OC(=O)N2CCN(CCc3ccc(Cl)cc3)CC2)c1O)N1CCOCC1. The quantitative estimate of drug-likeness (QED) is 0.517. The molecular formula is C22H29ClN6O6. The first-order valence-electron chi connectivity index (χ1n) is 11.5. The largest absolute Gasteiger partial charge is 0.491 e. The lowest BCUT2D eigenvalue weighted by Gasteiger charge is -2.33. The molecule has 35 heavy (non-hydrogen) atoms. The maximum atomic E-state index is 12.6. The summed E-state index contributed by atoms with van der Waals surface area (Å²) in [4.78, 5) is 49.8. The molecule has 2 aromatic rings. The third-order valence-electron chi connectivity index (χ3n) is 6.05. The van der Waals surface area contributed by atoms with Crippen molar-refractivity contribution in [2.24, 2.45) is 0 Å². The van der Waals surface area contributed by atoms with Gasteiger partial charge in [-0.05, 0) is 24.1 Å². The van der Waals surface area contributed by atoms with Crippen LogP contribution in [0.3, 0.4) is 0 Å². The fourth-order valence-corrected chi connectivity index (χ4v) is 4.06. The van der Waals surface area contributed by atoms with E-state index in [0.717, 1.165) is 13.0 Å². The zero-order valence-electron chi connectivity index (χ0n) is 19.2. The van der Waals surface area contributed by atoms with Gasteiger partial charge in [0.2, 0.25) is 0 Å². The van der Waals surface area contributed by atoms with Gasteiger partial charge in [-0.25, -0.2) is 14.4 Å². The van der Waals surface area contributed by atoms with E-state index in [1.165, 1.54) is 10.5 Å². The number of nitrogens with one attached hydrogen (secondary N) is 2. The van der Waals surface area contributed by atoms with Gasteiger partial charge in [0.05, 0.1) is 19.8 Å². The number of carbonyl (C=O) groups excluding carboxylic acids is 2. The van der Waals surface area contributed by atoms with E-state index in [0.29, 0.717) is 62.2 Å². The summed E-state index contributed by atoms with van der Waals surface area (Å²) >= 11 is 5.92. The number of halogens is 1. The Labute approximate surface area is 206 Å². The number of benzene rings is 1. The molecule has 13 heteroatoms. The summed E-state index contributed by atoms with van der Waals surface area (Å²) in [5, 5.41) is 13.7. The van der Waals surface area contributed by atoms with E-state index in [2.05, 4.69) is 15.2 Å². The Bertz CT molecular complexity index is 1070. The van der Waals surface area contributed by atoms with E-state index in [-0.39, 0.29) is 18.3 Å². The first-order valence-corrected chi connectivity index (χ1v) is 11.9. The molecule has 2 saturated heterocycles. The minimum atomic E-state index is -0.812. The second kappa shape index (κ2) is 11.5. The molecule has 3 N–H and O–H groups in total. The normalized spacial score (nSPS) is 16.8. The number of rotatable bonds is 6. The first-order chi connectivity index (χ1) is 16.9. The lowest BCUT2D eigenvalue weighted by atomic mass is 10.1. The van der Waals surface area contributed by atoms with Crippen LogP contribution >= 0.6 is 11.6 Å². The average molecular weight is 509 g/mol. The molecule has 1 aromatic heterocycles. The highest BCUT2D eigenvalue weighted by atomic mass is 35.5. The van der Waals surface area contributed by atoms with Gasteiger partial charge in [0.1, 0.15) is 5.69 Å². The highest BCUT2D eigenvalue weighted by Crippen LogP contribution is 2.13. The zero-order chi connectivity index (χ0) is 24.8. The van der Waals surface area contributed by atoms with Crippen LogP contribution in [-0.4, -0.2) is 101 Å². The maximum Gasteiger partial charge on any atom is 0.434 e. The van der Waals surface area contributed by atoms with Gasteiger partial charge in [-0.1, -0.05) is 28.5 Å². The number of urea groups is 1. The van der Waals surface area contributed by atoms with Gasteiger partial charge in [0.15, 0.2) is 0 Å². The number of aromatic amines is 1. The Kier molecular flexibility index (Phi) is 8.16. The van der Waals surface area contributed by atoms with Gasteiger partial charge in [-0.3, -0.25) is 4.90 Å². The Morgan fingerprint density at radius 2 is 1.74 bits per heavy atom. The number of aromatic nitrogens is 2. The molecule has 2 aliphatic rings. The van der Waals surface area contributed by atoms with Crippen molar-refractivity contribution in [1.29, 1.82) is 0 Å². The van der Waals surface area contributed by atoms with Crippen LogP contribution in [0, 0.1) is 0 Å². The second-order valence-electron chi connectivity index (χ2n) is 8.35. The molecule has 3 heterocycles. The van der Waals surface area contributed by atoms with Crippen LogP contribution in [0.4, 0.5) is 9.59 Å². The molecule has 2 fully saturated rings. The summed E-state index contributed by atoms with van der Waals surface area (Å²) in [6.45, 7) is 4.74. The summed E-state index contributed by atoms with van der Waals surface area (Å²) in [5.41, 5.74) is 0.417. The van der Waals surface area contributed by atoms with Gasteiger partial charge in [0, 0.05) is 50.8 Å². The molecule has 4 rings (SSSR count).